The van der Waals surface area contributed by atoms with Crippen molar-refractivity contribution in [1.29, 1.82) is 0 Å². The van der Waals surface area contributed by atoms with Gasteiger partial charge in [0.15, 0.2) is 0 Å². The van der Waals surface area contributed by atoms with Crippen LogP contribution in [0.4, 0.5) is 11.4 Å². The fourth-order valence-electron chi connectivity index (χ4n) is 2.67. The zero-order valence-electron chi connectivity index (χ0n) is 15.2. The second-order valence-electron chi connectivity index (χ2n) is 6.19. The van der Waals surface area contributed by atoms with Gasteiger partial charge in [0.25, 0.3) is 10.0 Å². The summed E-state index contributed by atoms with van der Waals surface area (Å²) >= 11 is 0. The van der Waals surface area contributed by atoms with E-state index in [2.05, 4.69) is 15.0 Å². The number of carbonyl (C=O) groups is 1. The van der Waals surface area contributed by atoms with Gasteiger partial charge in [-0.15, -0.1) is 0 Å². The first-order valence-corrected chi connectivity index (χ1v) is 10.4. The fraction of sp³-hybridized carbons (Fsp3) is 0.143. The molecule has 2 aromatic carbocycles. The minimum absolute atomic E-state index is 0.159. The molecule has 28 heavy (non-hydrogen) atoms. The Morgan fingerprint density at radius 3 is 2.25 bits per heavy atom. The number of nitrogens with zero attached hydrogens (tertiary/aromatic N) is 1. The Kier molecular flexibility index (Phi) is 6.39. The molecule has 1 aromatic heterocycles. The van der Waals surface area contributed by atoms with Crippen molar-refractivity contribution in [1.82, 2.24) is 4.98 Å². The molecule has 0 unspecified atom stereocenters. The third-order valence-electron chi connectivity index (χ3n) is 4.06. The second-order valence-corrected chi connectivity index (χ2v) is 7.87. The van der Waals surface area contributed by atoms with Crippen molar-refractivity contribution in [3.8, 4) is 0 Å². The van der Waals surface area contributed by atoms with Crippen LogP contribution in [0.1, 0.15) is 18.5 Å². The highest BCUT2D eigenvalue weighted by Crippen LogP contribution is 2.24. The number of rotatable bonds is 8. The standard InChI is InChI=1S/C21H21N3O3S/c25-21(15-8-10-17-9-6-7-16-22-17)23-19-13-4-5-14-20(19)24-28(26,27)18-11-2-1-3-12-18/h1-7,9,11-14,16,24H,8,10,15H2,(H,23,25). The number of hydrogen-bond donors (Lipinski definition) is 2. The first kappa shape index (κ1) is 19.6. The molecule has 144 valence electrons. The molecule has 1 heterocycles. The van der Waals surface area contributed by atoms with Gasteiger partial charge in [-0.3, -0.25) is 14.5 Å². The Morgan fingerprint density at radius 2 is 1.54 bits per heavy atom. The number of aromatic nitrogens is 1. The van der Waals surface area contributed by atoms with Crippen molar-refractivity contribution in [2.45, 2.75) is 24.2 Å². The molecule has 0 aliphatic heterocycles. The Labute approximate surface area is 164 Å². The van der Waals surface area contributed by atoms with Crippen LogP contribution in [-0.4, -0.2) is 19.3 Å². The van der Waals surface area contributed by atoms with Crippen LogP contribution in [0.3, 0.4) is 0 Å². The van der Waals surface area contributed by atoms with E-state index < -0.39 is 10.0 Å². The van der Waals surface area contributed by atoms with Gasteiger partial charge in [-0.05, 0) is 49.2 Å². The van der Waals surface area contributed by atoms with E-state index in [9.17, 15) is 13.2 Å². The molecule has 0 aliphatic carbocycles. The molecular weight excluding hydrogens is 374 g/mol. The predicted molar refractivity (Wildman–Crippen MR) is 109 cm³/mol. The summed E-state index contributed by atoms with van der Waals surface area (Å²) in [4.78, 5) is 16.7. The molecule has 0 saturated heterocycles. The third kappa shape index (κ3) is 5.40. The zero-order valence-corrected chi connectivity index (χ0v) is 16.0. The SMILES string of the molecule is O=C(CCCc1ccccn1)Nc1ccccc1NS(=O)(=O)c1ccccc1. The van der Waals surface area contributed by atoms with Gasteiger partial charge in [-0.2, -0.15) is 0 Å². The number of amides is 1. The summed E-state index contributed by atoms with van der Waals surface area (Å²) in [5.41, 5.74) is 1.68. The average Bonchev–Trinajstić information content (AvgIpc) is 2.71. The van der Waals surface area contributed by atoms with Crippen molar-refractivity contribution < 1.29 is 13.2 Å². The normalized spacial score (nSPS) is 11.0. The lowest BCUT2D eigenvalue weighted by Crippen LogP contribution is -2.17. The van der Waals surface area contributed by atoms with Crippen molar-refractivity contribution >= 4 is 27.3 Å². The van der Waals surface area contributed by atoms with Crippen LogP contribution in [-0.2, 0) is 21.2 Å². The van der Waals surface area contributed by atoms with E-state index in [4.69, 9.17) is 0 Å². The van der Waals surface area contributed by atoms with Crippen LogP contribution >= 0.6 is 0 Å². The van der Waals surface area contributed by atoms with Gasteiger partial charge >= 0.3 is 0 Å². The van der Waals surface area contributed by atoms with Crippen molar-refractivity contribution in [2.75, 3.05) is 10.0 Å². The Morgan fingerprint density at radius 1 is 0.857 bits per heavy atom. The van der Waals surface area contributed by atoms with Crippen LogP contribution in [0.25, 0.3) is 0 Å². The van der Waals surface area contributed by atoms with E-state index in [-0.39, 0.29) is 10.8 Å². The number of nitrogens with one attached hydrogen (secondary N) is 2. The van der Waals surface area contributed by atoms with Crippen LogP contribution in [0, 0.1) is 0 Å². The first-order chi connectivity index (χ1) is 13.5. The predicted octanol–water partition coefficient (Wildman–Crippen LogP) is 3.84. The van der Waals surface area contributed by atoms with Crippen LogP contribution in [0.15, 0.2) is 83.9 Å². The van der Waals surface area contributed by atoms with E-state index in [1.54, 1.807) is 48.7 Å². The lowest BCUT2D eigenvalue weighted by atomic mass is 10.1. The first-order valence-electron chi connectivity index (χ1n) is 8.91. The van der Waals surface area contributed by atoms with Crippen molar-refractivity contribution in [3.63, 3.8) is 0 Å². The topological polar surface area (TPSA) is 88.2 Å². The van der Waals surface area contributed by atoms with Crippen molar-refractivity contribution in [3.05, 3.63) is 84.7 Å². The molecule has 1 amide bonds. The van der Waals surface area contributed by atoms with Crippen molar-refractivity contribution in [2.24, 2.45) is 0 Å². The maximum absolute atomic E-state index is 12.5. The fourth-order valence-corrected chi connectivity index (χ4v) is 3.77. The molecule has 3 aromatic rings. The number of sulfonamides is 1. The lowest BCUT2D eigenvalue weighted by Gasteiger charge is -2.13. The molecule has 0 atom stereocenters. The van der Waals surface area contributed by atoms with Gasteiger partial charge in [0.2, 0.25) is 5.91 Å². The lowest BCUT2D eigenvalue weighted by molar-refractivity contribution is -0.116. The highest BCUT2D eigenvalue weighted by atomic mass is 32.2. The molecule has 0 radical (unpaired) electrons. The molecule has 7 heteroatoms. The number of pyridine rings is 1. The van der Waals surface area contributed by atoms with Gasteiger partial charge in [-0.25, -0.2) is 8.42 Å². The van der Waals surface area contributed by atoms with Crippen LogP contribution in [0.2, 0.25) is 0 Å². The number of benzene rings is 2. The third-order valence-corrected chi connectivity index (χ3v) is 5.44. The Bertz CT molecular complexity index is 1020. The molecule has 0 saturated carbocycles. The van der Waals surface area contributed by atoms with E-state index >= 15 is 0 Å². The number of aryl methyl sites for hydroxylation is 1. The van der Waals surface area contributed by atoms with E-state index in [0.717, 1.165) is 5.69 Å². The summed E-state index contributed by atoms with van der Waals surface area (Å²) in [6, 6.07) is 20.5. The second kappa shape index (κ2) is 9.14. The average molecular weight is 395 g/mol. The van der Waals surface area contributed by atoms with Gasteiger partial charge in [0, 0.05) is 18.3 Å². The minimum atomic E-state index is -3.73. The highest BCUT2D eigenvalue weighted by molar-refractivity contribution is 7.92. The van der Waals surface area contributed by atoms with Crippen LogP contribution < -0.4 is 10.0 Å². The van der Waals surface area contributed by atoms with Gasteiger partial charge in [0.05, 0.1) is 16.3 Å². The summed E-state index contributed by atoms with van der Waals surface area (Å²) in [5.74, 6) is -0.178. The van der Waals surface area contributed by atoms with E-state index in [0.29, 0.717) is 30.6 Å². The van der Waals surface area contributed by atoms with Gasteiger partial charge in [0.1, 0.15) is 0 Å². The summed E-state index contributed by atoms with van der Waals surface area (Å²) in [5, 5.41) is 2.78. The molecule has 0 bridgehead atoms. The van der Waals surface area contributed by atoms with Gasteiger partial charge < -0.3 is 5.32 Å². The minimum Gasteiger partial charge on any atom is -0.324 e. The summed E-state index contributed by atoms with van der Waals surface area (Å²) in [6.45, 7) is 0. The number of carbonyl (C=O) groups excluding carboxylic acids is 1. The molecule has 0 spiro atoms. The summed E-state index contributed by atoms with van der Waals surface area (Å²) < 4.78 is 27.6. The van der Waals surface area contributed by atoms with Gasteiger partial charge in [-0.1, -0.05) is 36.4 Å². The van der Waals surface area contributed by atoms with Crippen LogP contribution in [0.5, 0.6) is 0 Å². The number of anilines is 2. The molecule has 2 N–H and O–H groups in total. The molecule has 0 fully saturated rings. The molecule has 6 nitrogen and oxygen atoms in total. The van der Waals surface area contributed by atoms with E-state index in [1.807, 2.05) is 18.2 Å². The zero-order chi connectivity index (χ0) is 19.8. The molecular formula is C21H21N3O3S. The smallest absolute Gasteiger partial charge is 0.261 e. The Balaban J connectivity index is 1.63. The quantitative estimate of drug-likeness (QED) is 0.606. The maximum atomic E-state index is 12.5. The van der Waals surface area contributed by atoms with E-state index in [1.165, 1.54) is 12.1 Å². The summed E-state index contributed by atoms with van der Waals surface area (Å²) in [6.07, 6.45) is 3.40. The summed E-state index contributed by atoms with van der Waals surface area (Å²) in [7, 11) is -3.73. The monoisotopic (exact) mass is 395 g/mol. The highest BCUT2D eigenvalue weighted by Gasteiger charge is 2.16. The largest absolute Gasteiger partial charge is 0.324 e. The molecule has 3 rings (SSSR count). The number of hydrogen-bond acceptors (Lipinski definition) is 4. The Hall–Kier alpha value is -3.19. The maximum Gasteiger partial charge on any atom is 0.261 e. The molecule has 0 aliphatic rings. The number of para-hydroxylation sites is 2.